The standard InChI is InChI=1S/C19H14BrClN2O3/c20-14-2-1-3-16(10-14)25-12-19(24)23-22-11-17-8-9-18(26-17)13-4-6-15(21)7-5-13/h1-11H,12H2,(H,23,24)/b22-11-. The molecule has 1 heterocycles. The minimum Gasteiger partial charge on any atom is -0.484 e. The normalized spacial score (nSPS) is 10.8. The number of rotatable bonds is 6. The lowest BCUT2D eigenvalue weighted by Crippen LogP contribution is -2.24. The van der Waals surface area contributed by atoms with Gasteiger partial charge in [0.2, 0.25) is 0 Å². The predicted octanol–water partition coefficient (Wildman–Crippen LogP) is 4.89. The van der Waals surface area contributed by atoms with Gasteiger partial charge in [0, 0.05) is 15.1 Å². The molecule has 0 atom stereocenters. The van der Waals surface area contributed by atoms with Crippen molar-refractivity contribution in [1.82, 2.24) is 5.43 Å². The summed E-state index contributed by atoms with van der Waals surface area (Å²) in [4.78, 5) is 11.7. The van der Waals surface area contributed by atoms with Crippen molar-refractivity contribution in [2.24, 2.45) is 5.10 Å². The van der Waals surface area contributed by atoms with Crippen LogP contribution in [0.15, 0.2) is 74.7 Å². The zero-order valence-corrected chi connectivity index (χ0v) is 15.8. The molecule has 26 heavy (non-hydrogen) atoms. The van der Waals surface area contributed by atoms with Gasteiger partial charge in [-0.1, -0.05) is 33.6 Å². The van der Waals surface area contributed by atoms with Crippen molar-refractivity contribution in [2.45, 2.75) is 0 Å². The number of hydrogen-bond acceptors (Lipinski definition) is 4. The summed E-state index contributed by atoms with van der Waals surface area (Å²) in [7, 11) is 0. The molecule has 1 aromatic heterocycles. The van der Waals surface area contributed by atoms with Gasteiger partial charge in [-0.15, -0.1) is 0 Å². The van der Waals surface area contributed by atoms with Crippen LogP contribution in [0.2, 0.25) is 5.02 Å². The second-order valence-electron chi connectivity index (χ2n) is 5.25. The quantitative estimate of drug-likeness (QED) is 0.444. The maximum Gasteiger partial charge on any atom is 0.277 e. The van der Waals surface area contributed by atoms with Crippen LogP contribution in [0.4, 0.5) is 0 Å². The third-order valence-corrected chi connectivity index (χ3v) is 4.05. The smallest absolute Gasteiger partial charge is 0.277 e. The first-order valence-corrected chi connectivity index (χ1v) is 8.83. The van der Waals surface area contributed by atoms with Crippen LogP contribution >= 0.6 is 27.5 Å². The maximum atomic E-state index is 11.7. The summed E-state index contributed by atoms with van der Waals surface area (Å²) in [5.41, 5.74) is 3.29. The Labute approximate surface area is 163 Å². The Bertz CT molecular complexity index is 923. The summed E-state index contributed by atoms with van der Waals surface area (Å²) in [6.07, 6.45) is 1.43. The van der Waals surface area contributed by atoms with E-state index >= 15 is 0 Å². The van der Waals surface area contributed by atoms with Crippen molar-refractivity contribution in [2.75, 3.05) is 6.61 Å². The van der Waals surface area contributed by atoms with Crippen molar-refractivity contribution < 1.29 is 13.9 Å². The highest BCUT2D eigenvalue weighted by Crippen LogP contribution is 2.23. The summed E-state index contributed by atoms with van der Waals surface area (Å²) in [5, 5.41) is 4.53. The Morgan fingerprint density at radius 2 is 2.00 bits per heavy atom. The molecule has 132 valence electrons. The first kappa shape index (κ1) is 18.2. The van der Waals surface area contributed by atoms with Crippen LogP contribution in [0.25, 0.3) is 11.3 Å². The number of carbonyl (C=O) groups excluding carboxylic acids is 1. The molecule has 0 bridgehead atoms. The van der Waals surface area contributed by atoms with Crippen LogP contribution in [0.1, 0.15) is 5.76 Å². The Balaban J connectivity index is 1.50. The third-order valence-electron chi connectivity index (χ3n) is 3.30. The molecular formula is C19H14BrClN2O3. The first-order valence-electron chi connectivity index (χ1n) is 7.66. The number of carbonyl (C=O) groups is 1. The second kappa shape index (κ2) is 8.69. The summed E-state index contributed by atoms with van der Waals surface area (Å²) in [6, 6.07) is 18.1. The molecule has 0 saturated heterocycles. The Hall–Kier alpha value is -2.57. The van der Waals surface area contributed by atoms with Gasteiger partial charge in [-0.2, -0.15) is 5.10 Å². The molecule has 2 aromatic carbocycles. The van der Waals surface area contributed by atoms with Gasteiger partial charge in [-0.05, 0) is 54.6 Å². The van der Waals surface area contributed by atoms with Gasteiger partial charge in [-0.25, -0.2) is 5.43 Å². The molecule has 5 nitrogen and oxygen atoms in total. The van der Waals surface area contributed by atoms with E-state index in [0.29, 0.717) is 22.3 Å². The van der Waals surface area contributed by atoms with Crippen LogP contribution < -0.4 is 10.2 Å². The molecule has 0 saturated carbocycles. The number of furan rings is 1. The van der Waals surface area contributed by atoms with Gasteiger partial charge in [0.15, 0.2) is 6.61 Å². The average Bonchev–Trinajstić information content (AvgIpc) is 3.09. The van der Waals surface area contributed by atoms with E-state index in [0.717, 1.165) is 10.0 Å². The maximum absolute atomic E-state index is 11.7. The summed E-state index contributed by atoms with van der Waals surface area (Å²) < 4.78 is 11.9. The number of nitrogens with one attached hydrogen (secondary N) is 1. The van der Waals surface area contributed by atoms with Gasteiger partial charge in [0.05, 0.1) is 6.21 Å². The first-order chi connectivity index (χ1) is 12.6. The van der Waals surface area contributed by atoms with Crippen molar-refractivity contribution in [1.29, 1.82) is 0 Å². The zero-order chi connectivity index (χ0) is 18.4. The minimum absolute atomic E-state index is 0.137. The predicted molar refractivity (Wildman–Crippen MR) is 105 cm³/mol. The van der Waals surface area contributed by atoms with Crippen LogP contribution in [-0.2, 0) is 4.79 Å². The van der Waals surface area contributed by atoms with Crippen molar-refractivity contribution in [3.05, 3.63) is 75.9 Å². The monoisotopic (exact) mass is 432 g/mol. The van der Waals surface area contributed by atoms with Gasteiger partial charge >= 0.3 is 0 Å². The van der Waals surface area contributed by atoms with E-state index in [1.54, 1.807) is 30.3 Å². The lowest BCUT2D eigenvalue weighted by Gasteiger charge is -2.04. The summed E-state index contributed by atoms with van der Waals surface area (Å²) in [5.74, 6) is 1.43. The fraction of sp³-hybridized carbons (Fsp3) is 0.0526. The topological polar surface area (TPSA) is 63.8 Å². The molecule has 0 aliphatic carbocycles. The Morgan fingerprint density at radius 1 is 1.19 bits per heavy atom. The largest absolute Gasteiger partial charge is 0.484 e. The van der Waals surface area contributed by atoms with Crippen molar-refractivity contribution >= 4 is 39.7 Å². The SMILES string of the molecule is O=C(COc1cccc(Br)c1)N/N=C\c1ccc(-c2ccc(Cl)cc2)o1. The second-order valence-corrected chi connectivity index (χ2v) is 6.60. The molecule has 0 aliphatic heterocycles. The molecule has 0 unspecified atom stereocenters. The molecule has 7 heteroatoms. The molecule has 0 fully saturated rings. The van der Waals surface area contributed by atoms with Gasteiger partial charge in [0.25, 0.3) is 5.91 Å². The Kier molecular flexibility index (Phi) is 6.09. The van der Waals surface area contributed by atoms with Gasteiger partial charge in [-0.3, -0.25) is 4.79 Å². The van der Waals surface area contributed by atoms with Crippen LogP contribution in [0, 0.1) is 0 Å². The van der Waals surface area contributed by atoms with Crippen LogP contribution in [-0.4, -0.2) is 18.7 Å². The zero-order valence-electron chi connectivity index (χ0n) is 13.5. The highest BCUT2D eigenvalue weighted by molar-refractivity contribution is 9.10. The Morgan fingerprint density at radius 3 is 2.77 bits per heavy atom. The molecule has 0 aliphatic rings. The summed E-state index contributed by atoms with van der Waals surface area (Å²) >= 11 is 9.21. The fourth-order valence-electron chi connectivity index (χ4n) is 2.10. The number of amides is 1. The molecule has 3 aromatic rings. The minimum atomic E-state index is -0.370. The van der Waals surface area contributed by atoms with E-state index < -0.39 is 0 Å². The van der Waals surface area contributed by atoms with Crippen molar-refractivity contribution in [3.8, 4) is 17.1 Å². The summed E-state index contributed by atoms with van der Waals surface area (Å²) in [6.45, 7) is -0.137. The van der Waals surface area contributed by atoms with Gasteiger partial charge in [0.1, 0.15) is 17.3 Å². The van der Waals surface area contributed by atoms with E-state index in [2.05, 4.69) is 26.5 Å². The van der Waals surface area contributed by atoms with Crippen LogP contribution in [0.5, 0.6) is 5.75 Å². The highest BCUT2D eigenvalue weighted by atomic mass is 79.9. The van der Waals surface area contributed by atoms with Crippen molar-refractivity contribution in [3.63, 3.8) is 0 Å². The number of ether oxygens (including phenoxy) is 1. The highest BCUT2D eigenvalue weighted by Gasteiger charge is 2.04. The lowest BCUT2D eigenvalue weighted by molar-refractivity contribution is -0.123. The lowest BCUT2D eigenvalue weighted by atomic mass is 10.2. The molecule has 3 rings (SSSR count). The fourth-order valence-corrected chi connectivity index (χ4v) is 2.60. The van der Waals surface area contributed by atoms with E-state index in [-0.39, 0.29) is 12.5 Å². The molecular weight excluding hydrogens is 420 g/mol. The number of nitrogens with zero attached hydrogens (tertiary/aromatic N) is 1. The van der Waals surface area contributed by atoms with E-state index in [1.807, 2.05) is 30.3 Å². The molecule has 0 radical (unpaired) electrons. The third kappa shape index (κ3) is 5.21. The van der Waals surface area contributed by atoms with Gasteiger partial charge < -0.3 is 9.15 Å². The molecule has 1 amide bonds. The number of hydrazone groups is 1. The average molecular weight is 434 g/mol. The molecule has 0 spiro atoms. The van der Waals surface area contributed by atoms with E-state index in [9.17, 15) is 4.79 Å². The van der Waals surface area contributed by atoms with E-state index in [4.69, 9.17) is 20.8 Å². The van der Waals surface area contributed by atoms with E-state index in [1.165, 1.54) is 6.21 Å². The number of hydrogen-bond donors (Lipinski definition) is 1. The number of benzene rings is 2. The number of halogens is 2. The molecule has 1 N–H and O–H groups in total. The van der Waals surface area contributed by atoms with Crippen LogP contribution in [0.3, 0.4) is 0 Å².